The molecule has 0 atom stereocenters. The summed E-state index contributed by atoms with van der Waals surface area (Å²) in [5.74, 6) is -0.480. The number of nitrogens with two attached hydrogens (primary N) is 1. The molecular formula is C30H36N6O4. The van der Waals surface area contributed by atoms with Crippen molar-refractivity contribution in [3.63, 3.8) is 0 Å². The molecule has 2 heterocycles. The molecule has 0 aliphatic carbocycles. The molecule has 0 saturated carbocycles. The number of aromatic nitrogens is 1. The van der Waals surface area contributed by atoms with Gasteiger partial charge in [-0.3, -0.25) is 19.9 Å². The second-order valence-electron chi connectivity index (χ2n) is 9.69. The van der Waals surface area contributed by atoms with E-state index in [0.29, 0.717) is 37.4 Å². The van der Waals surface area contributed by atoms with E-state index in [9.17, 15) is 14.4 Å². The summed E-state index contributed by atoms with van der Waals surface area (Å²) in [4.78, 5) is 45.4. The molecule has 1 aromatic heterocycles. The molecule has 0 unspecified atom stereocenters. The number of nitrogens with one attached hydrogen (secondary N) is 2. The van der Waals surface area contributed by atoms with E-state index in [4.69, 9.17) is 10.5 Å². The standard InChI is InChI=1S/C30H36N6O4/c1-35(29(38)23-11-12-27(33-21-23)28(37)32-16-15-31)19-20-36-17-13-24(14-18-36)40-30(39)34-26-10-6-5-9-25(26)22-7-3-2-4-8-22/h2-12,21,24H,13-20,31H2,1H3,(H,32,37)(H,34,39). The first-order chi connectivity index (χ1) is 19.4. The number of anilines is 1. The maximum Gasteiger partial charge on any atom is 0.411 e. The van der Waals surface area contributed by atoms with Gasteiger partial charge in [-0.25, -0.2) is 4.79 Å². The van der Waals surface area contributed by atoms with Crippen LogP contribution in [-0.4, -0.2) is 85.1 Å². The van der Waals surface area contributed by atoms with Gasteiger partial charge in [-0.15, -0.1) is 0 Å². The average molecular weight is 545 g/mol. The molecule has 1 aliphatic rings. The van der Waals surface area contributed by atoms with E-state index in [0.717, 1.165) is 37.1 Å². The van der Waals surface area contributed by atoms with Crippen LogP contribution >= 0.6 is 0 Å². The molecule has 40 heavy (non-hydrogen) atoms. The molecule has 210 valence electrons. The number of carbonyl (C=O) groups is 3. The van der Waals surface area contributed by atoms with E-state index in [1.54, 1.807) is 18.0 Å². The van der Waals surface area contributed by atoms with Gasteiger partial charge in [0.15, 0.2) is 0 Å². The molecule has 2 aromatic carbocycles. The largest absolute Gasteiger partial charge is 0.446 e. The number of hydrogen-bond donors (Lipinski definition) is 3. The molecular weight excluding hydrogens is 508 g/mol. The van der Waals surface area contributed by atoms with Crippen molar-refractivity contribution in [2.75, 3.05) is 51.6 Å². The fourth-order valence-electron chi connectivity index (χ4n) is 4.55. The summed E-state index contributed by atoms with van der Waals surface area (Å²) in [5, 5.41) is 5.55. The minimum absolute atomic E-state index is 0.160. The summed E-state index contributed by atoms with van der Waals surface area (Å²) in [6.45, 7) is 3.50. The minimum Gasteiger partial charge on any atom is -0.446 e. The molecule has 10 nitrogen and oxygen atoms in total. The topological polar surface area (TPSA) is 130 Å². The zero-order valence-corrected chi connectivity index (χ0v) is 22.7. The van der Waals surface area contributed by atoms with Crippen molar-refractivity contribution < 1.29 is 19.1 Å². The molecule has 3 amide bonds. The minimum atomic E-state index is -0.455. The molecule has 0 radical (unpaired) electrons. The van der Waals surface area contributed by atoms with Crippen LogP contribution in [-0.2, 0) is 4.74 Å². The zero-order chi connectivity index (χ0) is 28.3. The lowest BCUT2D eigenvalue weighted by molar-refractivity contribution is 0.0540. The third kappa shape index (κ3) is 7.87. The normalized spacial score (nSPS) is 13.8. The summed E-state index contributed by atoms with van der Waals surface area (Å²) in [7, 11) is 1.75. The van der Waals surface area contributed by atoms with Gasteiger partial charge >= 0.3 is 6.09 Å². The highest BCUT2D eigenvalue weighted by Gasteiger charge is 2.23. The molecule has 3 aromatic rings. The number of nitrogens with zero attached hydrogens (tertiary/aromatic N) is 3. The maximum atomic E-state index is 12.8. The smallest absolute Gasteiger partial charge is 0.411 e. The van der Waals surface area contributed by atoms with Crippen molar-refractivity contribution >= 4 is 23.6 Å². The fraction of sp³-hybridized carbons (Fsp3) is 0.333. The number of hydrogen-bond acceptors (Lipinski definition) is 7. The number of ether oxygens (including phenoxy) is 1. The monoisotopic (exact) mass is 544 g/mol. The number of rotatable bonds is 10. The number of benzene rings is 2. The number of para-hydroxylation sites is 1. The predicted octanol–water partition coefficient (Wildman–Crippen LogP) is 3.22. The van der Waals surface area contributed by atoms with Gasteiger partial charge in [0.2, 0.25) is 0 Å². The Bertz CT molecular complexity index is 1280. The Morgan fingerprint density at radius 3 is 2.45 bits per heavy atom. The van der Waals surface area contributed by atoms with Crippen LogP contribution in [0.2, 0.25) is 0 Å². The first kappa shape index (κ1) is 28.7. The van der Waals surface area contributed by atoms with Gasteiger partial charge < -0.3 is 25.6 Å². The summed E-state index contributed by atoms with van der Waals surface area (Å²) >= 11 is 0. The van der Waals surface area contributed by atoms with Crippen LogP contribution in [0.1, 0.15) is 33.7 Å². The zero-order valence-electron chi connectivity index (χ0n) is 22.7. The van der Waals surface area contributed by atoms with E-state index < -0.39 is 6.09 Å². The fourth-order valence-corrected chi connectivity index (χ4v) is 4.55. The van der Waals surface area contributed by atoms with Crippen molar-refractivity contribution in [2.24, 2.45) is 5.73 Å². The van der Waals surface area contributed by atoms with Crippen molar-refractivity contribution in [3.05, 3.63) is 84.2 Å². The maximum absolute atomic E-state index is 12.8. The number of carbonyl (C=O) groups excluding carboxylic acids is 3. The van der Waals surface area contributed by atoms with E-state index in [1.165, 1.54) is 12.3 Å². The lowest BCUT2D eigenvalue weighted by Crippen LogP contribution is -2.42. The molecule has 10 heteroatoms. The van der Waals surface area contributed by atoms with Gasteiger partial charge in [-0.1, -0.05) is 48.5 Å². The number of amides is 3. The molecule has 4 N–H and O–H groups in total. The number of likely N-dealkylation sites (tertiary alicyclic amines) is 1. The highest BCUT2D eigenvalue weighted by atomic mass is 16.6. The van der Waals surface area contributed by atoms with Crippen molar-refractivity contribution in [2.45, 2.75) is 18.9 Å². The SMILES string of the molecule is CN(CCN1CCC(OC(=O)Nc2ccccc2-c2ccccc2)CC1)C(=O)c1ccc(C(=O)NCCN)nc1. The van der Waals surface area contributed by atoms with Crippen LogP contribution in [0.5, 0.6) is 0 Å². The van der Waals surface area contributed by atoms with Gasteiger partial charge in [-0.05, 0) is 36.6 Å². The highest BCUT2D eigenvalue weighted by molar-refractivity contribution is 5.96. The van der Waals surface area contributed by atoms with Gasteiger partial charge in [-0.2, -0.15) is 0 Å². The lowest BCUT2D eigenvalue weighted by atomic mass is 10.0. The second-order valence-corrected chi connectivity index (χ2v) is 9.69. The lowest BCUT2D eigenvalue weighted by Gasteiger charge is -2.32. The van der Waals surface area contributed by atoms with Gasteiger partial charge in [0.25, 0.3) is 11.8 Å². The first-order valence-corrected chi connectivity index (χ1v) is 13.5. The molecule has 1 fully saturated rings. The van der Waals surface area contributed by atoms with Crippen LogP contribution in [0.3, 0.4) is 0 Å². The third-order valence-corrected chi connectivity index (χ3v) is 6.83. The Hall–Kier alpha value is -4.28. The summed E-state index contributed by atoms with van der Waals surface area (Å²) < 4.78 is 5.72. The quantitative estimate of drug-likeness (QED) is 0.357. The molecule has 4 rings (SSSR count). The number of likely N-dealkylation sites (N-methyl/N-ethyl adjacent to an activating group) is 1. The number of piperidine rings is 1. The van der Waals surface area contributed by atoms with Crippen molar-refractivity contribution in [1.29, 1.82) is 0 Å². The first-order valence-electron chi connectivity index (χ1n) is 13.5. The molecule has 1 saturated heterocycles. The van der Waals surface area contributed by atoms with E-state index in [2.05, 4.69) is 20.5 Å². The van der Waals surface area contributed by atoms with Gasteiger partial charge in [0.1, 0.15) is 11.8 Å². The Kier molecular flexibility index (Phi) is 10.2. The van der Waals surface area contributed by atoms with Gasteiger partial charge in [0, 0.05) is 58.1 Å². The Morgan fingerprint density at radius 1 is 1.02 bits per heavy atom. The molecule has 0 bridgehead atoms. The molecule has 0 spiro atoms. The summed E-state index contributed by atoms with van der Waals surface area (Å²) in [5.41, 5.74) is 8.73. The van der Waals surface area contributed by atoms with Crippen LogP contribution < -0.4 is 16.4 Å². The van der Waals surface area contributed by atoms with E-state index in [-0.39, 0.29) is 23.6 Å². The second kappa shape index (κ2) is 14.2. The van der Waals surface area contributed by atoms with Gasteiger partial charge in [0.05, 0.1) is 11.3 Å². The Balaban J connectivity index is 1.19. The van der Waals surface area contributed by atoms with Crippen molar-refractivity contribution in [1.82, 2.24) is 20.1 Å². The van der Waals surface area contributed by atoms with Crippen LogP contribution in [0.25, 0.3) is 11.1 Å². The van der Waals surface area contributed by atoms with Crippen LogP contribution in [0, 0.1) is 0 Å². The predicted molar refractivity (Wildman–Crippen MR) is 154 cm³/mol. The van der Waals surface area contributed by atoms with Crippen LogP contribution in [0.15, 0.2) is 72.9 Å². The molecule has 1 aliphatic heterocycles. The average Bonchev–Trinajstić information content (AvgIpc) is 2.99. The summed E-state index contributed by atoms with van der Waals surface area (Å²) in [6, 6.07) is 20.7. The van der Waals surface area contributed by atoms with E-state index in [1.807, 2.05) is 54.6 Å². The van der Waals surface area contributed by atoms with Crippen molar-refractivity contribution in [3.8, 4) is 11.1 Å². The van der Waals surface area contributed by atoms with E-state index >= 15 is 0 Å². The van der Waals surface area contributed by atoms with Crippen LogP contribution in [0.4, 0.5) is 10.5 Å². The number of pyridine rings is 1. The summed E-state index contributed by atoms with van der Waals surface area (Å²) in [6.07, 6.45) is 2.25. The Morgan fingerprint density at radius 2 is 1.75 bits per heavy atom. The highest BCUT2D eigenvalue weighted by Crippen LogP contribution is 2.28. The Labute approximate surface area is 234 Å². The third-order valence-electron chi connectivity index (χ3n) is 6.83.